The van der Waals surface area contributed by atoms with Gasteiger partial charge in [0.05, 0.1) is 6.10 Å². The smallest absolute Gasteiger partial charge is 0.159 e. The third kappa shape index (κ3) is 2.42. The summed E-state index contributed by atoms with van der Waals surface area (Å²) < 4.78 is 0. The van der Waals surface area contributed by atoms with Crippen molar-refractivity contribution in [2.75, 3.05) is 0 Å². The van der Waals surface area contributed by atoms with Crippen molar-refractivity contribution in [2.24, 2.45) is 0 Å². The van der Waals surface area contributed by atoms with Crippen LogP contribution in [0.3, 0.4) is 0 Å². The lowest BCUT2D eigenvalue weighted by Gasteiger charge is -2.09. The third-order valence-corrected chi connectivity index (χ3v) is 2.59. The van der Waals surface area contributed by atoms with Crippen LogP contribution in [0.25, 0.3) is 11.4 Å². The van der Waals surface area contributed by atoms with Crippen molar-refractivity contribution in [2.45, 2.75) is 20.0 Å². The Morgan fingerprint density at radius 3 is 2.35 bits per heavy atom. The number of hydrogen-bond acceptors (Lipinski definition) is 4. The van der Waals surface area contributed by atoms with Crippen LogP contribution >= 0.6 is 0 Å². The van der Waals surface area contributed by atoms with Crippen molar-refractivity contribution >= 4 is 0 Å². The summed E-state index contributed by atoms with van der Waals surface area (Å²) in [4.78, 5) is 8.55. The summed E-state index contributed by atoms with van der Waals surface area (Å²) in [6, 6.07) is 6.70. The van der Waals surface area contributed by atoms with Crippen molar-refractivity contribution in [3.63, 3.8) is 0 Å². The van der Waals surface area contributed by atoms with E-state index in [9.17, 15) is 10.2 Å². The quantitative estimate of drug-likeness (QED) is 0.830. The summed E-state index contributed by atoms with van der Waals surface area (Å²) >= 11 is 0. The number of aromatic nitrogens is 2. The maximum Gasteiger partial charge on any atom is 0.159 e. The molecule has 0 fully saturated rings. The van der Waals surface area contributed by atoms with Gasteiger partial charge >= 0.3 is 0 Å². The Bertz CT molecular complexity index is 521. The van der Waals surface area contributed by atoms with Crippen molar-refractivity contribution < 1.29 is 10.2 Å². The highest BCUT2D eigenvalue weighted by atomic mass is 16.3. The Balaban J connectivity index is 2.41. The molecule has 1 heterocycles. The van der Waals surface area contributed by atoms with E-state index in [1.807, 2.05) is 6.92 Å². The second-order valence-corrected chi connectivity index (χ2v) is 3.96. The maximum absolute atomic E-state index is 9.49. The molecule has 0 spiro atoms. The van der Waals surface area contributed by atoms with Crippen LogP contribution in [0.1, 0.15) is 24.3 Å². The summed E-state index contributed by atoms with van der Waals surface area (Å²) in [5.41, 5.74) is 2.33. The van der Waals surface area contributed by atoms with Gasteiger partial charge < -0.3 is 10.2 Å². The van der Waals surface area contributed by atoms with Gasteiger partial charge in [-0.2, -0.15) is 0 Å². The minimum Gasteiger partial charge on any atom is -0.508 e. The molecule has 2 aromatic rings. The molecule has 88 valence electrons. The number of aromatic hydroxyl groups is 1. The molecule has 2 rings (SSSR count). The maximum atomic E-state index is 9.49. The number of nitrogens with zero attached hydrogens (tertiary/aromatic N) is 2. The number of aliphatic hydroxyl groups is 1. The van der Waals surface area contributed by atoms with Crippen LogP contribution in [0, 0.1) is 6.92 Å². The highest BCUT2D eigenvalue weighted by Crippen LogP contribution is 2.21. The van der Waals surface area contributed by atoms with Gasteiger partial charge in [0.1, 0.15) is 5.75 Å². The molecule has 1 aromatic carbocycles. The molecule has 2 N–H and O–H groups in total. The topological polar surface area (TPSA) is 66.2 Å². The fraction of sp³-hybridized carbons (Fsp3) is 0.231. The molecule has 17 heavy (non-hydrogen) atoms. The first kappa shape index (κ1) is 11.5. The first-order valence-electron chi connectivity index (χ1n) is 5.39. The van der Waals surface area contributed by atoms with E-state index in [1.165, 1.54) is 0 Å². The average molecular weight is 230 g/mol. The van der Waals surface area contributed by atoms with Crippen LogP contribution in [0.2, 0.25) is 0 Å². The highest BCUT2D eigenvalue weighted by molar-refractivity contribution is 5.56. The standard InChI is InChI=1S/C13H14N2O2/c1-8-12(9(2)16)7-14-13(15-8)10-3-5-11(17)6-4-10/h3-7,9,16-17H,1-2H3/t9-/m0/s1. The molecule has 4 nitrogen and oxygen atoms in total. The van der Waals surface area contributed by atoms with Crippen LogP contribution in [0.4, 0.5) is 0 Å². The first-order valence-corrected chi connectivity index (χ1v) is 5.39. The van der Waals surface area contributed by atoms with E-state index in [4.69, 9.17) is 0 Å². The van der Waals surface area contributed by atoms with E-state index in [0.29, 0.717) is 5.82 Å². The largest absolute Gasteiger partial charge is 0.508 e. The Labute approximate surface area is 99.6 Å². The highest BCUT2D eigenvalue weighted by Gasteiger charge is 2.09. The lowest BCUT2D eigenvalue weighted by atomic mass is 10.1. The molecule has 0 saturated heterocycles. The van der Waals surface area contributed by atoms with Crippen molar-refractivity contribution in [3.05, 3.63) is 41.7 Å². The van der Waals surface area contributed by atoms with Crippen molar-refractivity contribution in [1.29, 1.82) is 0 Å². The zero-order valence-corrected chi connectivity index (χ0v) is 9.75. The molecule has 1 atom stereocenters. The summed E-state index contributed by atoms with van der Waals surface area (Å²) in [6.45, 7) is 3.53. The normalized spacial score (nSPS) is 12.4. The van der Waals surface area contributed by atoms with Gasteiger partial charge in [0.15, 0.2) is 5.82 Å². The van der Waals surface area contributed by atoms with Crippen molar-refractivity contribution in [1.82, 2.24) is 9.97 Å². The van der Waals surface area contributed by atoms with Gasteiger partial charge in [-0.3, -0.25) is 0 Å². The molecule has 0 saturated carbocycles. The Morgan fingerprint density at radius 2 is 1.82 bits per heavy atom. The number of benzene rings is 1. The zero-order chi connectivity index (χ0) is 12.4. The van der Waals surface area contributed by atoms with Gasteiger partial charge in [-0.05, 0) is 38.1 Å². The molecule has 0 aliphatic carbocycles. The fourth-order valence-electron chi connectivity index (χ4n) is 1.64. The van der Waals surface area contributed by atoms with Gasteiger partial charge in [0.2, 0.25) is 0 Å². The van der Waals surface area contributed by atoms with Gasteiger partial charge in [0, 0.05) is 23.0 Å². The summed E-state index contributed by atoms with van der Waals surface area (Å²) in [5, 5.41) is 18.7. The number of phenolic OH excluding ortho intramolecular Hbond substituents is 1. The second-order valence-electron chi connectivity index (χ2n) is 3.96. The predicted molar refractivity (Wildman–Crippen MR) is 64.5 cm³/mol. The Kier molecular flexibility index (Phi) is 3.06. The third-order valence-electron chi connectivity index (χ3n) is 2.59. The number of phenols is 1. The van der Waals surface area contributed by atoms with E-state index in [2.05, 4.69) is 9.97 Å². The van der Waals surface area contributed by atoms with Gasteiger partial charge in [-0.1, -0.05) is 0 Å². The number of aliphatic hydroxyl groups excluding tert-OH is 1. The van der Waals surface area contributed by atoms with Crippen LogP contribution in [0.15, 0.2) is 30.5 Å². The lowest BCUT2D eigenvalue weighted by Crippen LogP contribution is -2.01. The van der Waals surface area contributed by atoms with E-state index >= 15 is 0 Å². The first-order chi connectivity index (χ1) is 8.08. The van der Waals surface area contributed by atoms with Crippen LogP contribution in [-0.4, -0.2) is 20.2 Å². The predicted octanol–water partition coefficient (Wildman–Crippen LogP) is 2.21. The zero-order valence-electron chi connectivity index (χ0n) is 9.75. The van der Waals surface area contributed by atoms with Crippen LogP contribution < -0.4 is 0 Å². The molecular weight excluding hydrogens is 216 g/mol. The van der Waals surface area contributed by atoms with Gasteiger partial charge in [0.25, 0.3) is 0 Å². The van der Waals surface area contributed by atoms with Crippen LogP contribution in [-0.2, 0) is 0 Å². The lowest BCUT2D eigenvalue weighted by molar-refractivity contribution is 0.197. The molecule has 1 aromatic heterocycles. The summed E-state index contributed by atoms with van der Waals surface area (Å²) in [6.07, 6.45) is 1.07. The van der Waals surface area contributed by atoms with Crippen LogP contribution in [0.5, 0.6) is 5.75 Å². The molecule has 0 aliphatic rings. The monoisotopic (exact) mass is 230 g/mol. The summed E-state index contributed by atoms with van der Waals surface area (Å²) in [5.74, 6) is 0.804. The molecule has 0 bridgehead atoms. The van der Waals surface area contributed by atoms with Gasteiger partial charge in [-0.25, -0.2) is 9.97 Å². The fourth-order valence-corrected chi connectivity index (χ4v) is 1.64. The van der Waals surface area contributed by atoms with Gasteiger partial charge in [-0.15, -0.1) is 0 Å². The minimum absolute atomic E-state index is 0.214. The molecule has 0 amide bonds. The molecule has 0 aliphatic heterocycles. The second kappa shape index (κ2) is 4.51. The van der Waals surface area contributed by atoms with E-state index < -0.39 is 6.10 Å². The summed E-state index contributed by atoms with van der Waals surface area (Å²) in [7, 11) is 0. The number of aryl methyl sites for hydroxylation is 1. The van der Waals surface area contributed by atoms with E-state index in [0.717, 1.165) is 16.8 Å². The van der Waals surface area contributed by atoms with E-state index in [1.54, 1.807) is 37.4 Å². The SMILES string of the molecule is Cc1nc(-c2ccc(O)cc2)ncc1[C@H](C)O. The number of hydrogen-bond donors (Lipinski definition) is 2. The van der Waals surface area contributed by atoms with E-state index in [-0.39, 0.29) is 5.75 Å². The number of rotatable bonds is 2. The minimum atomic E-state index is -0.566. The molecule has 0 unspecified atom stereocenters. The molecule has 0 radical (unpaired) electrons. The van der Waals surface area contributed by atoms with Crippen molar-refractivity contribution in [3.8, 4) is 17.1 Å². The molecular formula is C13H14N2O2. The Morgan fingerprint density at radius 1 is 1.18 bits per heavy atom. The molecule has 4 heteroatoms. The average Bonchev–Trinajstić information content (AvgIpc) is 2.29. The Hall–Kier alpha value is -1.94.